The fraction of sp³-hybridized carbons (Fsp3) is 0.793. The first-order valence-corrected chi connectivity index (χ1v) is 13.5. The topological polar surface area (TPSA) is 0 Å². The molecule has 0 saturated carbocycles. The van der Waals surface area contributed by atoms with Crippen LogP contribution in [0, 0.1) is 5.92 Å². The van der Waals surface area contributed by atoms with Crippen molar-refractivity contribution in [2.24, 2.45) is 5.92 Å². The fourth-order valence-corrected chi connectivity index (χ4v) is 4.99. The molecule has 1 rings (SSSR count). The molecule has 0 fully saturated rings. The minimum absolute atomic E-state index is 0.895. The number of nitrogens with zero attached hydrogens (tertiary/aromatic N) is 1. The average molecular weight is 417 g/mol. The highest BCUT2D eigenvalue weighted by Gasteiger charge is 2.26. The van der Waals surface area contributed by atoms with E-state index >= 15 is 0 Å². The van der Waals surface area contributed by atoms with Crippen LogP contribution in [0.25, 0.3) is 0 Å². The van der Waals surface area contributed by atoms with Crippen molar-refractivity contribution in [3.8, 4) is 0 Å². The molecule has 0 aliphatic rings. The molecule has 2 unspecified atom stereocenters. The molecule has 0 aliphatic heterocycles. The summed E-state index contributed by atoms with van der Waals surface area (Å²) in [5.41, 5.74) is 3.03. The number of rotatable bonds is 19. The van der Waals surface area contributed by atoms with Crippen molar-refractivity contribution in [2.45, 2.75) is 118 Å². The van der Waals surface area contributed by atoms with Gasteiger partial charge in [0.15, 0.2) is 0 Å². The van der Waals surface area contributed by atoms with Crippen molar-refractivity contribution in [3.63, 3.8) is 0 Å². The molecule has 0 bridgehead atoms. The third-order valence-electron chi connectivity index (χ3n) is 7.08. The number of benzene rings is 1. The molecule has 0 aromatic heterocycles. The summed E-state index contributed by atoms with van der Waals surface area (Å²) in [4.78, 5) is 0. The molecular weight excluding hydrogens is 362 g/mol. The van der Waals surface area contributed by atoms with Gasteiger partial charge in [-0.15, -0.1) is 0 Å². The molecule has 1 aromatic rings. The number of unbranched alkanes of at least 4 members (excludes halogenated alkanes) is 5. The highest BCUT2D eigenvalue weighted by molar-refractivity contribution is 5.23. The quantitative estimate of drug-likeness (QED) is 0.156. The van der Waals surface area contributed by atoms with E-state index in [1.54, 1.807) is 5.56 Å². The van der Waals surface area contributed by atoms with Crippen LogP contribution >= 0.6 is 0 Å². The molecule has 0 heterocycles. The van der Waals surface area contributed by atoms with Crippen LogP contribution in [0.3, 0.4) is 0 Å². The Morgan fingerprint density at radius 3 is 2.03 bits per heavy atom. The number of hydrogen-bond donors (Lipinski definition) is 0. The van der Waals surface area contributed by atoms with Crippen LogP contribution < -0.4 is 0 Å². The smallest absolute Gasteiger partial charge is 0.0789 e. The Balaban J connectivity index is 2.63. The molecular formula is C29H54N+. The molecule has 1 heteroatoms. The Hall–Kier alpha value is -0.820. The van der Waals surface area contributed by atoms with Gasteiger partial charge >= 0.3 is 0 Å². The van der Waals surface area contributed by atoms with Gasteiger partial charge in [-0.05, 0) is 68.4 Å². The maximum atomic E-state index is 2.49. The van der Waals surface area contributed by atoms with Gasteiger partial charge < -0.3 is 4.48 Å². The Morgan fingerprint density at radius 1 is 0.667 bits per heavy atom. The van der Waals surface area contributed by atoms with Crippen LogP contribution in [0.4, 0.5) is 0 Å². The predicted molar refractivity (Wildman–Crippen MR) is 136 cm³/mol. The summed E-state index contributed by atoms with van der Waals surface area (Å²) in [5.74, 6) is 0.895. The minimum Gasteiger partial charge on any atom is -0.324 e. The normalized spacial score (nSPS) is 14.6. The van der Waals surface area contributed by atoms with E-state index in [-0.39, 0.29) is 0 Å². The van der Waals surface area contributed by atoms with E-state index in [4.69, 9.17) is 0 Å². The number of aryl methyl sites for hydroxylation is 2. The number of hydrogen-bond acceptors (Lipinski definition) is 0. The highest BCUT2D eigenvalue weighted by Crippen LogP contribution is 2.21. The van der Waals surface area contributed by atoms with Gasteiger partial charge in [-0.25, -0.2) is 0 Å². The first-order valence-electron chi connectivity index (χ1n) is 13.5. The van der Waals surface area contributed by atoms with Gasteiger partial charge in [0.05, 0.1) is 26.2 Å². The standard InChI is InChI=1S/C29H54N/c1-6-10-12-14-23-30(22-8-3,25-21-27(5)17-11-7-2)24-15-13-18-29-20-16-19-28(9-4)26-29/h16,19-20,26-27H,6-15,17-18,21-25H2,1-5H3/q+1. The summed E-state index contributed by atoms with van der Waals surface area (Å²) in [7, 11) is 0. The summed E-state index contributed by atoms with van der Waals surface area (Å²) in [5, 5.41) is 0. The molecule has 0 saturated heterocycles. The average Bonchev–Trinajstić information content (AvgIpc) is 2.77. The second kappa shape index (κ2) is 16.8. The van der Waals surface area contributed by atoms with E-state index in [0.29, 0.717) is 0 Å². The maximum absolute atomic E-state index is 2.49. The molecule has 0 N–H and O–H groups in total. The Bertz CT molecular complexity index is 523. The molecule has 1 nitrogen and oxygen atoms in total. The van der Waals surface area contributed by atoms with Crippen molar-refractivity contribution in [1.29, 1.82) is 0 Å². The number of quaternary nitrogens is 1. The predicted octanol–water partition coefficient (Wildman–Crippen LogP) is 8.60. The zero-order valence-electron chi connectivity index (χ0n) is 21.4. The van der Waals surface area contributed by atoms with E-state index in [0.717, 1.165) is 12.3 Å². The third kappa shape index (κ3) is 11.5. The van der Waals surface area contributed by atoms with Gasteiger partial charge in [-0.1, -0.05) is 91.0 Å². The van der Waals surface area contributed by atoms with Gasteiger partial charge in [-0.2, -0.15) is 0 Å². The van der Waals surface area contributed by atoms with E-state index < -0.39 is 0 Å². The summed E-state index contributed by atoms with van der Waals surface area (Å²) in [6.45, 7) is 17.4. The van der Waals surface area contributed by atoms with Crippen molar-refractivity contribution in [2.75, 3.05) is 26.2 Å². The van der Waals surface area contributed by atoms with E-state index in [9.17, 15) is 0 Å². The second-order valence-corrected chi connectivity index (χ2v) is 9.96. The second-order valence-electron chi connectivity index (χ2n) is 9.96. The molecule has 30 heavy (non-hydrogen) atoms. The zero-order chi connectivity index (χ0) is 22.1. The summed E-state index contributed by atoms with van der Waals surface area (Å²) in [6.07, 6.45) is 17.7. The van der Waals surface area contributed by atoms with Crippen LogP contribution in [-0.4, -0.2) is 30.7 Å². The largest absolute Gasteiger partial charge is 0.324 e. The summed E-state index contributed by atoms with van der Waals surface area (Å²) < 4.78 is 1.39. The van der Waals surface area contributed by atoms with Crippen LogP contribution in [0.2, 0.25) is 0 Å². The Kier molecular flexibility index (Phi) is 15.3. The molecule has 0 spiro atoms. The Morgan fingerprint density at radius 2 is 1.37 bits per heavy atom. The first-order chi connectivity index (χ1) is 14.6. The first kappa shape index (κ1) is 27.2. The molecule has 0 radical (unpaired) electrons. The zero-order valence-corrected chi connectivity index (χ0v) is 21.4. The van der Waals surface area contributed by atoms with Crippen LogP contribution in [0.5, 0.6) is 0 Å². The van der Waals surface area contributed by atoms with Crippen LogP contribution in [0.1, 0.15) is 116 Å². The summed E-state index contributed by atoms with van der Waals surface area (Å²) >= 11 is 0. The van der Waals surface area contributed by atoms with Crippen LogP contribution in [0.15, 0.2) is 24.3 Å². The van der Waals surface area contributed by atoms with Crippen molar-refractivity contribution >= 4 is 0 Å². The molecule has 174 valence electrons. The van der Waals surface area contributed by atoms with Gasteiger partial charge in [0.2, 0.25) is 0 Å². The Labute approximate surface area is 190 Å². The van der Waals surface area contributed by atoms with Gasteiger partial charge in [0.25, 0.3) is 0 Å². The molecule has 1 aromatic carbocycles. The van der Waals surface area contributed by atoms with E-state index in [2.05, 4.69) is 58.9 Å². The van der Waals surface area contributed by atoms with E-state index in [1.807, 2.05) is 0 Å². The van der Waals surface area contributed by atoms with Crippen molar-refractivity contribution < 1.29 is 4.48 Å². The van der Waals surface area contributed by atoms with Crippen LogP contribution in [-0.2, 0) is 12.8 Å². The molecule has 0 aliphatic carbocycles. The maximum Gasteiger partial charge on any atom is 0.0789 e. The molecule has 0 amide bonds. The van der Waals surface area contributed by atoms with Crippen molar-refractivity contribution in [3.05, 3.63) is 35.4 Å². The minimum atomic E-state index is 0.895. The highest BCUT2D eigenvalue weighted by atomic mass is 15.3. The lowest BCUT2D eigenvalue weighted by Gasteiger charge is -2.40. The van der Waals surface area contributed by atoms with E-state index in [1.165, 1.54) is 113 Å². The third-order valence-corrected chi connectivity index (χ3v) is 7.08. The lowest BCUT2D eigenvalue weighted by atomic mass is 9.99. The van der Waals surface area contributed by atoms with Gasteiger partial charge in [0.1, 0.15) is 0 Å². The summed E-state index contributed by atoms with van der Waals surface area (Å²) in [6, 6.07) is 9.27. The van der Waals surface area contributed by atoms with Crippen molar-refractivity contribution in [1.82, 2.24) is 0 Å². The lowest BCUT2D eigenvalue weighted by molar-refractivity contribution is -0.929. The SMILES string of the molecule is CCCCCC[N+](CCC)(CCCCc1cccc(CC)c1)CCC(C)CCCC. The van der Waals surface area contributed by atoms with Gasteiger partial charge in [-0.3, -0.25) is 0 Å². The lowest BCUT2D eigenvalue weighted by Crippen LogP contribution is -2.51. The van der Waals surface area contributed by atoms with Gasteiger partial charge in [0, 0.05) is 0 Å². The molecule has 2 atom stereocenters. The monoisotopic (exact) mass is 416 g/mol. The fourth-order valence-electron chi connectivity index (χ4n) is 4.99.